The molecule has 35 heavy (non-hydrogen) atoms. The standard InChI is InChI=1S/C25H36FN5O4/c1-24(2)13-17(14-25(3,4)31(24)9-8-21(32)35-7)28-22-20(26)15-27-23(30-22)29-16-10-18(33-5)12-19(11-16)34-6/h10-12,15,17H,8-9,13-14H2,1-7H3,(H2,27,28,29,30). The second kappa shape index (κ2) is 10.6. The summed E-state index contributed by atoms with van der Waals surface area (Å²) in [5.74, 6) is 0.845. The molecule has 1 aromatic carbocycles. The van der Waals surface area contributed by atoms with Gasteiger partial charge in [-0.15, -0.1) is 0 Å². The number of nitrogens with zero attached hydrogens (tertiary/aromatic N) is 3. The Labute approximate surface area is 206 Å². The largest absolute Gasteiger partial charge is 0.497 e. The lowest BCUT2D eigenvalue weighted by molar-refractivity contribution is -0.142. The number of methoxy groups -OCH3 is 3. The Morgan fingerprint density at radius 1 is 1.09 bits per heavy atom. The number of benzene rings is 1. The van der Waals surface area contributed by atoms with Crippen molar-refractivity contribution in [2.24, 2.45) is 0 Å². The Kier molecular flexibility index (Phi) is 8.04. The van der Waals surface area contributed by atoms with Crippen LogP contribution in [0.15, 0.2) is 24.4 Å². The predicted octanol–water partition coefficient (Wildman–Crippen LogP) is 4.37. The Morgan fingerprint density at radius 3 is 2.23 bits per heavy atom. The van der Waals surface area contributed by atoms with Crippen molar-refractivity contribution in [3.05, 3.63) is 30.2 Å². The number of ether oxygens (including phenoxy) is 3. The second-order valence-corrected chi connectivity index (χ2v) is 9.97. The molecule has 1 aliphatic rings. The lowest BCUT2D eigenvalue weighted by Gasteiger charge is -2.55. The van der Waals surface area contributed by atoms with Crippen LogP contribution in [0.2, 0.25) is 0 Å². The van der Waals surface area contributed by atoms with Crippen LogP contribution in [0, 0.1) is 5.82 Å². The van der Waals surface area contributed by atoms with E-state index in [-0.39, 0.29) is 34.9 Å². The number of esters is 1. The fourth-order valence-electron chi connectivity index (χ4n) is 5.06. The highest BCUT2D eigenvalue weighted by atomic mass is 19.1. The third-order valence-electron chi connectivity index (χ3n) is 6.41. The lowest BCUT2D eigenvalue weighted by atomic mass is 9.76. The zero-order valence-electron chi connectivity index (χ0n) is 21.6. The van der Waals surface area contributed by atoms with Crippen molar-refractivity contribution < 1.29 is 23.4 Å². The van der Waals surface area contributed by atoms with Crippen molar-refractivity contribution in [2.45, 2.75) is 64.1 Å². The van der Waals surface area contributed by atoms with E-state index in [2.05, 4.69) is 53.2 Å². The first kappa shape index (κ1) is 26.5. The van der Waals surface area contributed by atoms with Crippen LogP contribution >= 0.6 is 0 Å². The van der Waals surface area contributed by atoms with Crippen LogP contribution in [0.3, 0.4) is 0 Å². The number of nitrogens with one attached hydrogen (secondary N) is 2. The van der Waals surface area contributed by atoms with Crippen molar-refractivity contribution in [3.63, 3.8) is 0 Å². The van der Waals surface area contributed by atoms with Gasteiger partial charge in [0.05, 0.1) is 33.9 Å². The van der Waals surface area contributed by atoms with Crippen molar-refractivity contribution in [2.75, 3.05) is 38.5 Å². The molecule has 2 heterocycles. The summed E-state index contributed by atoms with van der Waals surface area (Å²) < 4.78 is 30.1. The predicted molar refractivity (Wildman–Crippen MR) is 133 cm³/mol. The summed E-state index contributed by atoms with van der Waals surface area (Å²) >= 11 is 0. The number of carbonyl (C=O) groups excluding carboxylic acids is 1. The molecule has 1 aromatic heterocycles. The van der Waals surface area contributed by atoms with Gasteiger partial charge in [0.2, 0.25) is 5.95 Å². The van der Waals surface area contributed by atoms with Gasteiger partial charge in [0.25, 0.3) is 0 Å². The number of halogens is 1. The van der Waals surface area contributed by atoms with Crippen molar-refractivity contribution in [3.8, 4) is 11.5 Å². The van der Waals surface area contributed by atoms with Gasteiger partial charge in [-0.05, 0) is 40.5 Å². The maximum atomic E-state index is 14.7. The molecule has 0 unspecified atom stereocenters. The highest BCUT2D eigenvalue weighted by Gasteiger charge is 2.45. The van der Waals surface area contributed by atoms with Gasteiger partial charge in [0.15, 0.2) is 11.6 Å². The van der Waals surface area contributed by atoms with Gasteiger partial charge < -0.3 is 24.8 Å². The summed E-state index contributed by atoms with van der Waals surface area (Å²) in [6, 6.07) is 5.28. The number of piperidine rings is 1. The second-order valence-electron chi connectivity index (χ2n) is 9.97. The Morgan fingerprint density at radius 2 is 1.69 bits per heavy atom. The van der Waals surface area contributed by atoms with E-state index in [9.17, 15) is 9.18 Å². The molecule has 3 rings (SSSR count). The van der Waals surface area contributed by atoms with Crippen LogP contribution in [0.1, 0.15) is 47.0 Å². The zero-order valence-corrected chi connectivity index (χ0v) is 21.6. The first-order valence-corrected chi connectivity index (χ1v) is 11.6. The SMILES string of the molecule is COC(=O)CCN1C(C)(C)CC(Nc2nc(Nc3cc(OC)cc(OC)c3)ncc2F)CC1(C)C. The molecule has 2 N–H and O–H groups in total. The van der Waals surface area contributed by atoms with Gasteiger partial charge in [0.1, 0.15) is 11.5 Å². The van der Waals surface area contributed by atoms with Crippen molar-refractivity contribution in [1.29, 1.82) is 0 Å². The summed E-state index contributed by atoms with van der Waals surface area (Å²) in [4.78, 5) is 22.5. The first-order valence-electron chi connectivity index (χ1n) is 11.6. The zero-order chi connectivity index (χ0) is 25.8. The fraction of sp³-hybridized carbons (Fsp3) is 0.560. The molecule has 0 bridgehead atoms. The molecule has 0 spiro atoms. The lowest BCUT2D eigenvalue weighted by Crippen LogP contribution is -2.63. The summed E-state index contributed by atoms with van der Waals surface area (Å²) in [6.07, 6.45) is 2.97. The maximum Gasteiger partial charge on any atom is 0.306 e. The number of aromatic nitrogens is 2. The summed E-state index contributed by atoms with van der Waals surface area (Å²) in [5, 5.41) is 6.38. The van der Waals surface area contributed by atoms with Gasteiger partial charge in [0, 0.05) is 47.6 Å². The molecule has 2 aromatic rings. The molecule has 0 aliphatic carbocycles. The molecular formula is C25H36FN5O4. The summed E-state index contributed by atoms with van der Waals surface area (Å²) in [7, 11) is 4.54. The minimum absolute atomic E-state index is 0.0245. The van der Waals surface area contributed by atoms with Crippen LogP contribution in [0.4, 0.5) is 21.8 Å². The molecule has 0 radical (unpaired) electrons. The fourth-order valence-corrected chi connectivity index (χ4v) is 5.06. The van der Waals surface area contributed by atoms with Crippen LogP contribution in [-0.2, 0) is 9.53 Å². The van der Waals surface area contributed by atoms with E-state index in [1.807, 2.05) is 0 Å². The summed E-state index contributed by atoms with van der Waals surface area (Å²) in [6.45, 7) is 9.15. The maximum absolute atomic E-state index is 14.7. The van der Waals surface area contributed by atoms with Crippen molar-refractivity contribution in [1.82, 2.24) is 14.9 Å². The molecule has 1 saturated heterocycles. The van der Waals surface area contributed by atoms with E-state index < -0.39 is 5.82 Å². The number of likely N-dealkylation sites (tertiary alicyclic amines) is 1. The van der Waals surface area contributed by atoms with Crippen LogP contribution in [-0.4, -0.2) is 65.8 Å². The molecule has 0 amide bonds. The minimum Gasteiger partial charge on any atom is -0.497 e. The Bertz CT molecular complexity index is 1010. The number of hydrogen-bond acceptors (Lipinski definition) is 9. The monoisotopic (exact) mass is 489 g/mol. The Hall–Kier alpha value is -3.14. The molecular weight excluding hydrogens is 453 g/mol. The normalized spacial score (nSPS) is 17.5. The molecule has 9 nitrogen and oxygen atoms in total. The van der Waals surface area contributed by atoms with E-state index in [0.29, 0.717) is 30.2 Å². The number of rotatable bonds is 9. The van der Waals surface area contributed by atoms with Crippen LogP contribution in [0.25, 0.3) is 0 Å². The van der Waals surface area contributed by atoms with E-state index in [4.69, 9.17) is 14.2 Å². The van der Waals surface area contributed by atoms with E-state index >= 15 is 0 Å². The van der Waals surface area contributed by atoms with Gasteiger partial charge in [-0.25, -0.2) is 9.37 Å². The van der Waals surface area contributed by atoms with Crippen molar-refractivity contribution >= 4 is 23.4 Å². The van der Waals surface area contributed by atoms with Gasteiger partial charge >= 0.3 is 5.97 Å². The highest BCUT2D eigenvalue weighted by Crippen LogP contribution is 2.39. The molecule has 0 atom stereocenters. The number of anilines is 3. The average Bonchev–Trinajstić information content (AvgIpc) is 2.79. The smallest absolute Gasteiger partial charge is 0.306 e. The average molecular weight is 490 g/mol. The van der Waals surface area contributed by atoms with E-state index in [1.54, 1.807) is 32.4 Å². The molecule has 1 aliphatic heterocycles. The summed E-state index contributed by atoms with van der Waals surface area (Å²) in [5.41, 5.74) is 0.199. The van der Waals surface area contributed by atoms with Gasteiger partial charge in [-0.3, -0.25) is 9.69 Å². The van der Waals surface area contributed by atoms with Gasteiger partial charge in [-0.2, -0.15) is 4.98 Å². The molecule has 0 saturated carbocycles. The van der Waals surface area contributed by atoms with Crippen LogP contribution in [0.5, 0.6) is 11.5 Å². The minimum atomic E-state index is -0.525. The third kappa shape index (κ3) is 6.50. The quantitative estimate of drug-likeness (QED) is 0.498. The number of hydrogen-bond donors (Lipinski definition) is 2. The topological polar surface area (TPSA) is 97.8 Å². The van der Waals surface area contributed by atoms with E-state index in [1.165, 1.54) is 7.11 Å². The molecule has 1 fully saturated rings. The number of carbonyl (C=O) groups is 1. The van der Waals surface area contributed by atoms with Gasteiger partial charge in [-0.1, -0.05) is 0 Å². The Balaban J connectivity index is 1.76. The first-order chi connectivity index (χ1) is 16.5. The molecule has 192 valence electrons. The van der Waals surface area contributed by atoms with E-state index in [0.717, 1.165) is 19.0 Å². The van der Waals surface area contributed by atoms with Crippen LogP contribution < -0.4 is 20.1 Å². The highest BCUT2D eigenvalue weighted by molar-refractivity contribution is 5.69. The third-order valence-corrected chi connectivity index (χ3v) is 6.41. The molecule has 10 heteroatoms.